The fourth-order valence-electron chi connectivity index (χ4n) is 1.86. The minimum Gasteiger partial charge on any atom is -0.439 e. The molecule has 2 unspecified atom stereocenters. The highest BCUT2D eigenvalue weighted by atomic mass is 16.4. The van der Waals surface area contributed by atoms with Gasteiger partial charge in [0.15, 0.2) is 0 Å². The maximum atomic E-state index is 6.18. The number of rotatable bonds is 4. The van der Waals surface area contributed by atoms with E-state index in [-0.39, 0.29) is 12.1 Å². The Morgan fingerprint density at radius 2 is 1.29 bits per heavy atom. The lowest BCUT2D eigenvalue weighted by atomic mass is 9.96. The Morgan fingerprint density at radius 3 is 1.76 bits per heavy atom. The van der Waals surface area contributed by atoms with Crippen LogP contribution < -0.4 is 5.73 Å². The van der Waals surface area contributed by atoms with E-state index in [2.05, 4.69) is 0 Å². The first-order chi connectivity index (χ1) is 8.33. The van der Waals surface area contributed by atoms with Crippen molar-refractivity contribution in [2.24, 2.45) is 5.73 Å². The predicted molar refractivity (Wildman–Crippen MR) is 69.4 cm³/mol. The van der Waals surface area contributed by atoms with Gasteiger partial charge < -0.3 is 10.4 Å². The molecule has 0 bridgehead atoms. The molecule has 0 saturated carbocycles. The molecular formula is C14H14BNO. The summed E-state index contributed by atoms with van der Waals surface area (Å²) in [4.78, 5) is 0. The molecule has 84 valence electrons. The number of nitrogens with two attached hydrogens (primary N) is 1. The van der Waals surface area contributed by atoms with Gasteiger partial charge in [-0.05, 0) is 11.1 Å². The SMILES string of the molecule is [B]OC(c1ccccc1)C(N)c1ccccc1. The normalized spacial score (nSPS) is 14.2. The van der Waals surface area contributed by atoms with Crippen molar-refractivity contribution in [3.63, 3.8) is 0 Å². The van der Waals surface area contributed by atoms with Gasteiger partial charge in [-0.25, -0.2) is 0 Å². The Hall–Kier alpha value is -1.58. The molecule has 3 heteroatoms. The highest BCUT2D eigenvalue weighted by molar-refractivity contribution is 5.98. The van der Waals surface area contributed by atoms with E-state index in [1.807, 2.05) is 60.7 Å². The van der Waals surface area contributed by atoms with Crippen LogP contribution in [-0.4, -0.2) is 8.05 Å². The van der Waals surface area contributed by atoms with Crippen molar-refractivity contribution >= 4 is 8.05 Å². The number of benzene rings is 2. The van der Waals surface area contributed by atoms with Gasteiger partial charge in [0.2, 0.25) is 0 Å². The summed E-state index contributed by atoms with van der Waals surface area (Å²) in [5.41, 5.74) is 8.16. The summed E-state index contributed by atoms with van der Waals surface area (Å²) < 4.78 is 5.03. The first-order valence-electron chi connectivity index (χ1n) is 5.54. The Labute approximate surface area is 103 Å². The van der Waals surface area contributed by atoms with Crippen LogP contribution in [0.4, 0.5) is 0 Å². The summed E-state index contributed by atoms with van der Waals surface area (Å²) in [6.45, 7) is 0. The van der Waals surface area contributed by atoms with Crippen LogP contribution in [0.5, 0.6) is 0 Å². The smallest absolute Gasteiger partial charge is 0.283 e. The van der Waals surface area contributed by atoms with Crippen LogP contribution in [0.1, 0.15) is 23.3 Å². The Morgan fingerprint density at radius 1 is 0.824 bits per heavy atom. The van der Waals surface area contributed by atoms with Crippen LogP contribution in [-0.2, 0) is 4.65 Å². The topological polar surface area (TPSA) is 35.2 Å². The minimum atomic E-state index is -0.335. The van der Waals surface area contributed by atoms with Crippen molar-refractivity contribution in [3.05, 3.63) is 71.8 Å². The molecule has 0 aliphatic rings. The maximum absolute atomic E-state index is 6.18. The molecule has 2 rings (SSSR count). The van der Waals surface area contributed by atoms with Gasteiger partial charge in [-0.1, -0.05) is 60.7 Å². The lowest BCUT2D eigenvalue weighted by molar-refractivity contribution is 0.192. The average molecular weight is 223 g/mol. The Balaban J connectivity index is 2.25. The zero-order valence-corrected chi connectivity index (χ0v) is 9.49. The molecule has 0 aliphatic heterocycles. The summed E-state index contributed by atoms with van der Waals surface area (Å²) in [5.74, 6) is 0. The van der Waals surface area contributed by atoms with E-state index in [1.165, 1.54) is 0 Å². The van der Waals surface area contributed by atoms with Crippen LogP contribution >= 0.6 is 0 Å². The van der Waals surface area contributed by atoms with E-state index < -0.39 is 0 Å². The highest BCUT2D eigenvalue weighted by Crippen LogP contribution is 2.28. The Kier molecular flexibility index (Phi) is 3.96. The third-order valence-electron chi connectivity index (χ3n) is 2.79. The minimum absolute atomic E-state index is 0.274. The van der Waals surface area contributed by atoms with Gasteiger partial charge in [0.05, 0.1) is 12.1 Å². The predicted octanol–water partition coefficient (Wildman–Crippen LogP) is 2.53. The van der Waals surface area contributed by atoms with Crippen LogP contribution in [0.3, 0.4) is 0 Å². The van der Waals surface area contributed by atoms with Crippen molar-refractivity contribution in [3.8, 4) is 0 Å². The zero-order chi connectivity index (χ0) is 12.1. The maximum Gasteiger partial charge on any atom is 0.283 e. The molecule has 0 aromatic heterocycles. The molecule has 0 aliphatic carbocycles. The van der Waals surface area contributed by atoms with Crippen molar-refractivity contribution < 1.29 is 4.65 Å². The fraction of sp³-hybridized carbons (Fsp3) is 0.143. The fourth-order valence-corrected chi connectivity index (χ4v) is 1.86. The molecule has 0 fully saturated rings. The molecular weight excluding hydrogens is 209 g/mol. The van der Waals surface area contributed by atoms with E-state index >= 15 is 0 Å². The summed E-state index contributed by atoms with van der Waals surface area (Å²) in [5, 5.41) is 0. The van der Waals surface area contributed by atoms with Gasteiger partial charge in [-0.15, -0.1) is 0 Å². The zero-order valence-electron chi connectivity index (χ0n) is 9.49. The van der Waals surface area contributed by atoms with Crippen LogP contribution in [0.2, 0.25) is 0 Å². The van der Waals surface area contributed by atoms with Gasteiger partial charge in [0.1, 0.15) is 0 Å². The standard InChI is InChI=1S/C14H14BNO/c15-17-14(12-9-5-2-6-10-12)13(16)11-7-3-1-4-8-11/h1-10,13-14H,16H2. The second-order valence-corrected chi connectivity index (χ2v) is 3.90. The van der Waals surface area contributed by atoms with E-state index in [0.717, 1.165) is 11.1 Å². The van der Waals surface area contributed by atoms with E-state index in [9.17, 15) is 0 Å². The lowest BCUT2D eigenvalue weighted by Crippen LogP contribution is -2.21. The molecule has 0 spiro atoms. The van der Waals surface area contributed by atoms with Gasteiger partial charge in [0, 0.05) is 0 Å². The van der Waals surface area contributed by atoms with Gasteiger partial charge >= 0.3 is 0 Å². The summed E-state index contributed by atoms with van der Waals surface area (Å²) in [7, 11) is 5.36. The molecule has 2 radical (unpaired) electrons. The first-order valence-corrected chi connectivity index (χ1v) is 5.54. The van der Waals surface area contributed by atoms with Gasteiger partial charge in [-0.2, -0.15) is 0 Å². The summed E-state index contributed by atoms with van der Waals surface area (Å²) in [6, 6.07) is 19.3. The molecule has 0 heterocycles. The van der Waals surface area contributed by atoms with E-state index in [4.69, 9.17) is 18.4 Å². The van der Waals surface area contributed by atoms with Crippen molar-refractivity contribution in [1.29, 1.82) is 0 Å². The van der Waals surface area contributed by atoms with Gasteiger partial charge in [0.25, 0.3) is 8.05 Å². The van der Waals surface area contributed by atoms with Crippen LogP contribution in [0.15, 0.2) is 60.7 Å². The molecule has 2 atom stereocenters. The molecule has 2 aromatic carbocycles. The monoisotopic (exact) mass is 223 g/mol. The van der Waals surface area contributed by atoms with Crippen molar-refractivity contribution in [2.45, 2.75) is 12.1 Å². The molecule has 2 aromatic rings. The number of hydrogen-bond acceptors (Lipinski definition) is 2. The molecule has 0 amide bonds. The average Bonchev–Trinajstić information content (AvgIpc) is 2.42. The highest BCUT2D eigenvalue weighted by Gasteiger charge is 2.19. The van der Waals surface area contributed by atoms with Gasteiger partial charge in [-0.3, -0.25) is 0 Å². The summed E-state index contributed by atoms with van der Waals surface area (Å²) >= 11 is 0. The Bertz CT molecular complexity index is 446. The lowest BCUT2D eigenvalue weighted by Gasteiger charge is -2.24. The third kappa shape index (κ3) is 2.76. The van der Waals surface area contributed by atoms with Crippen molar-refractivity contribution in [2.75, 3.05) is 0 Å². The van der Waals surface area contributed by atoms with Crippen molar-refractivity contribution in [1.82, 2.24) is 0 Å². The summed E-state index contributed by atoms with van der Waals surface area (Å²) in [6.07, 6.45) is -0.335. The quantitative estimate of drug-likeness (QED) is 0.808. The molecule has 0 saturated heterocycles. The van der Waals surface area contributed by atoms with Crippen LogP contribution in [0, 0.1) is 0 Å². The molecule has 2 nitrogen and oxygen atoms in total. The largest absolute Gasteiger partial charge is 0.439 e. The van der Waals surface area contributed by atoms with Crippen LogP contribution in [0.25, 0.3) is 0 Å². The molecule has 2 N–H and O–H groups in total. The second-order valence-electron chi connectivity index (χ2n) is 3.90. The molecule has 17 heavy (non-hydrogen) atoms. The number of hydrogen-bond donors (Lipinski definition) is 1. The second kappa shape index (κ2) is 5.66. The first kappa shape index (κ1) is 11.9. The van der Waals surface area contributed by atoms with E-state index in [1.54, 1.807) is 0 Å². The van der Waals surface area contributed by atoms with E-state index in [0.29, 0.717) is 0 Å². The third-order valence-corrected chi connectivity index (χ3v) is 2.79.